The third kappa shape index (κ3) is 5.18. The van der Waals surface area contributed by atoms with Gasteiger partial charge in [-0.1, -0.05) is 54.3 Å². The first-order valence-corrected chi connectivity index (χ1v) is 9.05. The zero-order chi connectivity index (χ0) is 16.7. The van der Waals surface area contributed by atoms with Crippen LogP contribution in [0.4, 0.5) is 0 Å². The molecule has 4 nitrogen and oxygen atoms in total. The van der Waals surface area contributed by atoms with Gasteiger partial charge in [-0.2, -0.15) is 5.10 Å². The van der Waals surface area contributed by atoms with Gasteiger partial charge in [-0.3, -0.25) is 4.79 Å². The van der Waals surface area contributed by atoms with E-state index in [0.29, 0.717) is 12.3 Å². The molecular weight excluding hydrogens is 326 g/mol. The highest BCUT2D eigenvalue weighted by molar-refractivity contribution is 8.22. The van der Waals surface area contributed by atoms with Gasteiger partial charge in [-0.05, 0) is 25.0 Å². The average Bonchev–Trinajstić information content (AvgIpc) is 2.57. The van der Waals surface area contributed by atoms with Crippen molar-refractivity contribution in [2.45, 2.75) is 26.1 Å². The molecule has 0 aliphatic heterocycles. The molecule has 1 aromatic carbocycles. The summed E-state index contributed by atoms with van der Waals surface area (Å²) < 4.78 is 2.34. The fourth-order valence-electron chi connectivity index (χ4n) is 2.14. The van der Waals surface area contributed by atoms with E-state index in [0.717, 1.165) is 28.5 Å². The maximum atomic E-state index is 12.2. The SMILES string of the molecule is CCN(CC)C(=S)SCc1cnn(Cc2ccccc2)c(=O)c1. The second-order valence-electron chi connectivity index (χ2n) is 5.07. The van der Waals surface area contributed by atoms with Crippen LogP contribution in [0.2, 0.25) is 0 Å². The quantitative estimate of drug-likeness (QED) is 0.751. The minimum Gasteiger partial charge on any atom is -0.358 e. The van der Waals surface area contributed by atoms with E-state index in [2.05, 4.69) is 23.8 Å². The Morgan fingerprint density at radius 3 is 2.52 bits per heavy atom. The van der Waals surface area contributed by atoms with Crippen LogP contribution in [0, 0.1) is 0 Å². The van der Waals surface area contributed by atoms with Crippen molar-refractivity contribution < 1.29 is 0 Å². The average molecular weight is 348 g/mol. The molecule has 0 unspecified atom stereocenters. The molecule has 0 saturated heterocycles. The van der Waals surface area contributed by atoms with E-state index in [9.17, 15) is 4.79 Å². The molecule has 1 heterocycles. The van der Waals surface area contributed by atoms with Gasteiger partial charge in [0.1, 0.15) is 4.32 Å². The predicted molar refractivity (Wildman–Crippen MR) is 101 cm³/mol. The summed E-state index contributed by atoms with van der Waals surface area (Å²) in [6, 6.07) is 11.5. The monoisotopic (exact) mass is 347 g/mol. The van der Waals surface area contributed by atoms with Crippen LogP contribution >= 0.6 is 24.0 Å². The molecule has 0 N–H and O–H groups in total. The topological polar surface area (TPSA) is 38.1 Å². The fraction of sp³-hybridized carbons (Fsp3) is 0.353. The highest BCUT2D eigenvalue weighted by Crippen LogP contribution is 2.15. The lowest BCUT2D eigenvalue weighted by molar-refractivity contribution is 0.482. The molecule has 23 heavy (non-hydrogen) atoms. The maximum Gasteiger partial charge on any atom is 0.267 e. The zero-order valence-electron chi connectivity index (χ0n) is 13.4. The molecule has 0 aliphatic rings. The van der Waals surface area contributed by atoms with Crippen molar-refractivity contribution >= 4 is 28.3 Å². The Balaban J connectivity index is 1.99. The lowest BCUT2D eigenvalue weighted by Crippen LogP contribution is -2.27. The number of nitrogens with zero attached hydrogens (tertiary/aromatic N) is 3. The Morgan fingerprint density at radius 2 is 1.91 bits per heavy atom. The van der Waals surface area contributed by atoms with Gasteiger partial charge in [0.05, 0.1) is 12.7 Å². The van der Waals surface area contributed by atoms with Crippen molar-refractivity contribution in [3.8, 4) is 0 Å². The second kappa shape index (κ2) is 8.84. The van der Waals surface area contributed by atoms with Gasteiger partial charge >= 0.3 is 0 Å². The van der Waals surface area contributed by atoms with Crippen LogP contribution in [0.3, 0.4) is 0 Å². The van der Waals surface area contributed by atoms with Gasteiger partial charge in [0.25, 0.3) is 5.56 Å². The van der Waals surface area contributed by atoms with Crippen molar-refractivity contribution in [3.05, 3.63) is 64.1 Å². The van der Waals surface area contributed by atoms with Crippen LogP contribution in [0.1, 0.15) is 25.0 Å². The molecule has 2 rings (SSSR count). The summed E-state index contributed by atoms with van der Waals surface area (Å²) in [6.07, 6.45) is 1.75. The Kier molecular flexibility index (Phi) is 6.80. The smallest absolute Gasteiger partial charge is 0.267 e. The van der Waals surface area contributed by atoms with E-state index >= 15 is 0 Å². The second-order valence-corrected chi connectivity index (χ2v) is 6.68. The minimum absolute atomic E-state index is 0.0827. The van der Waals surface area contributed by atoms with Gasteiger partial charge in [-0.15, -0.1) is 0 Å². The number of hydrogen-bond donors (Lipinski definition) is 0. The van der Waals surface area contributed by atoms with Crippen molar-refractivity contribution in [1.82, 2.24) is 14.7 Å². The summed E-state index contributed by atoms with van der Waals surface area (Å²) in [5.41, 5.74) is 1.88. The molecule has 0 bridgehead atoms. The molecule has 6 heteroatoms. The summed E-state index contributed by atoms with van der Waals surface area (Å²) >= 11 is 6.98. The third-order valence-electron chi connectivity index (χ3n) is 3.49. The van der Waals surface area contributed by atoms with Gasteiger partial charge in [0, 0.05) is 24.9 Å². The number of rotatable bonds is 6. The van der Waals surface area contributed by atoms with E-state index in [4.69, 9.17) is 12.2 Å². The van der Waals surface area contributed by atoms with Crippen LogP contribution in [0.5, 0.6) is 0 Å². The van der Waals surface area contributed by atoms with Crippen LogP contribution in [0.25, 0.3) is 0 Å². The van der Waals surface area contributed by atoms with Crippen LogP contribution in [0.15, 0.2) is 47.4 Å². The number of benzene rings is 1. The number of aromatic nitrogens is 2. The molecule has 1 aromatic heterocycles. The molecule has 0 fully saturated rings. The maximum absolute atomic E-state index is 12.2. The molecule has 0 amide bonds. The highest BCUT2D eigenvalue weighted by Gasteiger charge is 2.07. The summed E-state index contributed by atoms with van der Waals surface area (Å²) in [5.74, 6) is 0.670. The van der Waals surface area contributed by atoms with Gasteiger partial charge < -0.3 is 4.90 Å². The van der Waals surface area contributed by atoms with E-state index in [1.54, 1.807) is 24.0 Å². The number of thioether (sulfide) groups is 1. The van der Waals surface area contributed by atoms with Crippen molar-refractivity contribution in [3.63, 3.8) is 0 Å². The summed E-state index contributed by atoms with van der Waals surface area (Å²) in [5, 5.41) is 4.27. The van der Waals surface area contributed by atoms with E-state index in [-0.39, 0.29) is 5.56 Å². The Morgan fingerprint density at radius 1 is 1.22 bits per heavy atom. The predicted octanol–water partition coefficient (Wildman–Crippen LogP) is 3.15. The molecule has 2 aromatic rings. The fourth-order valence-corrected chi connectivity index (χ4v) is 3.47. The van der Waals surface area contributed by atoms with Gasteiger partial charge in [-0.25, -0.2) is 4.68 Å². The molecule has 0 saturated carbocycles. The number of thiocarbonyl (C=S) groups is 1. The first-order chi connectivity index (χ1) is 11.1. The van der Waals surface area contributed by atoms with E-state index in [1.165, 1.54) is 4.68 Å². The van der Waals surface area contributed by atoms with Gasteiger partial charge in [0.15, 0.2) is 0 Å². The van der Waals surface area contributed by atoms with E-state index < -0.39 is 0 Å². The zero-order valence-corrected chi connectivity index (χ0v) is 15.1. The lowest BCUT2D eigenvalue weighted by Gasteiger charge is -2.20. The standard InChI is InChI=1S/C17H21N3OS2/c1-3-19(4-2)17(22)23-13-15-10-16(21)20(18-11-15)12-14-8-6-5-7-9-14/h5-11H,3-4,12-13H2,1-2H3. The van der Waals surface area contributed by atoms with Crippen LogP contribution in [-0.4, -0.2) is 32.1 Å². The minimum atomic E-state index is -0.0827. The molecule has 122 valence electrons. The molecule has 0 spiro atoms. The third-order valence-corrected chi connectivity index (χ3v) is 5.08. The van der Waals surface area contributed by atoms with Crippen molar-refractivity contribution in [2.24, 2.45) is 0 Å². The number of hydrogen-bond acceptors (Lipinski definition) is 4. The van der Waals surface area contributed by atoms with Crippen LogP contribution in [-0.2, 0) is 12.3 Å². The molecule has 0 atom stereocenters. The molecular formula is C17H21N3OS2. The summed E-state index contributed by atoms with van der Waals surface area (Å²) in [4.78, 5) is 14.3. The first kappa shape index (κ1) is 17.7. The molecule has 0 radical (unpaired) electrons. The van der Waals surface area contributed by atoms with Gasteiger partial charge in [0.2, 0.25) is 0 Å². The normalized spacial score (nSPS) is 10.5. The summed E-state index contributed by atoms with van der Waals surface area (Å²) in [7, 11) is 0. The lowest BCUT2D eigenvalue weighted by atomic mass is 10.2. The summed E-state index contributed by atoms with van der Waals surface area (Å²) in [6.45, 7) is 6.47. The van der Waals surface area contributed by atoms with Crippen molar-refractivity contribution in [1.29, 1.82) is 0 Å². The molecule has 0 aliphatic carbocycles. The largest absolute Gasteiger partial charge is 0.358 e. The van der Waals surface area contributed by atoms with E-state index in [1.807, 2.05) is 30.3 Å². The Bertz CT molecular complexity index is 696. The Hall–Kier alpha value is -1.66. The first-order valence-electron chi connectivity index (χ1n) is 7.65. The Labute approximate surface area is 146 Å². The van der Waals surface area contributed by atoms with Crippen LogP contribution < -0.4 is 5.56 Å². The van der Waals surface area contributed by atoms with Crippen molar-refractivity contribution in [2.75, 3.05) is 13.1 Å². The highest BCUT2D eigenvalue weighted by atomic mass is 32.2.